The summed E-state index contributed by atoms with van der Waals surface area (Å²) in [7, 11) is 0. The van der Waals surface area contributed by atoms with Gasteiger partial charge in [0.25, 0.3) is 0 Å². The van der Waals surface area contributed by atoms with Crippen molar-refractivity contribution in [2.75, 3.05) is 6.61 Å². The smallest absolute Gasteiger partial charge is 0.0811 e. The number of hydrogen-bond donors (Lipinski definition) is 3. The highest BCUT2D eigenvalue weighted by Gasteiger charge is 2.51. The van der Waals surface area contributed by atoms with E-state index in [9.17, 15) is 15.3 Å². The molecule has 3 aliphatic rings. The molecule has 30 heavy (non-hydrogen) atoms. The maximum Gasteiger partial charge on any atom is 0.0811 e. The average molecular weight is 419 g/mol. The first kappa shape index (κ1) is 23.7. The van der Waals surface area contributed by atoms with E-state index in [1.807, 2.05) is 13.8 Å². The van der Waals surface area contributed by atoms with Crippen molar-refractivity contribution < 1.29 is 20.1 Å². The summed E-state index contributed by atoms with van der Waals surface area (Å²) in [6, 6.07) is 0. The maximum absolute atomic E-state index is 10.1. The van der Waals surface area contributed by atoms with E-state index in [1.54, 1.807) is 0 Å². The van der Waals surface area contributed by atoms with Crippen molar-refractivity contribution in [3.8, 4) is 0 Å². The van der Waals surface area contributed by atoms with Crippen LogP contribution in [0.15, 0.2) is 35.5 Å². The van der Waals surface area contributed by atoms with Gasteiger partial charge in [-0.25, -0.2) is 0 Å². The number of rotatable bonds is 6. The van der Waals surface area contributed by atoms with Gasteiger partial charge in [0.2, 0.25) is 0 Å². The Morgan fingerprint density at radius 3 is 2.70 bits per heavy atom. The lowest BCUT2D eigenvalue weighted by molar-refractivity contribution is -0.0454. The van der Waals surface area contributed by atoms with E-state index in [1.165, 1.54) is 31.3 Å². The molecule has 3 saturated carbocycles. The first-order valence-corrected chi connectivity index (χ1v) is 11.8. The lowest BCUT2D eigenvalue weighted by Crippen LogP contribution is -2.39. The molecule has 0 spiro atoms. The first-order valence-electron chi connectivity index (χ1n) is 11.8. The molecular weight excluding hydrogens is 376 g/mol. The minimum Gasteiger partial charge on any atom is -0.393 e. The number of hydrogen-bond acceptors (Lipinski definition) is 4. The topological polar surface area (TPSA) is 69.9 Å². The van der Waals surface area contributed by atoms with Crippen molar-refractivity contribution in [2.45, 2.75) is 103 Å². The highest BCUT2D eigenvalue weighted by Crippen LogP contribution is 2.58. The summed E-state index contributed by atoms with van der Waals surface area (Å²) in [5.74, 6) is 1.11. The predicted molar refractivity (Wildman–Crippen MR) is 121 cm³/mol. The Kier molecular flexibility index (Phi) is 7.33. The van der Waals surface area contributed by atoms with Gasteiger partial charge in [-0.1, -0.05) is 31.2 Å². The molecule has 4 heteroatoms. The molecular formula is C26H42O4. The molecule has 0 saturated heterocycles. The van der Waals surface area contributed by atoms with Crippen LogP contribution < -0.4 is 0 Å². The van der Waals surface area contributed by atoms with Crippen LogP contribution in [0.2, 0.25) is 0 Å². The van der Waals surface area contributed by atoms with E-state index in [0.717, 1.165) is 17.6 Å². The van der Waals surface area contributed by atoms with Gasteiger partial charge in [-0.3, -0.25) is 0 Å². The third kappa shape index (κ3) is 5.27. The second kappa shape index (κ2) is 9.28. The zero-order valence-corrected chi connectivity index (χ0v) is 19.4. The number of allylic oxidation sites excluding steroid dienone is 3. The van der Waals surface area contributed by atoms with Crippen LogP contribution in [0.5, 0.6) is 0 Å². The zero-order valence-electron chi connectivity index (χ0n) is 19.4. The number of aliphatic hydroxyl groups excluding tert-OH is 2. The fraction of sp³-hybridized carbons (Fsp3) is 0.769. The molecule has 0 aromatic carbocycles. The largest absolute Gasteiger partial charge is 0.393 e. The summed E-state index contributed by atoms with van der Waals surface area (Å²) < 4.78 is 6.19. The summed E-state index contributed by atoms with van der Waals surface area (Å²) in [5.41, 5.74) is 2.82. The Bertz CT molecular complexity index is 686. The number of ether oxygens (including phenoxy) is 1. The second-order valence-electron chi connectivity index (χ2n) is 10.8. The molecule has 3 N–H and O–H groups in total. The van der Waals surface area contributed by atoms with Crippen LogP contribution in [-0.2, 0) is 4.74 Å². The monoisotopic (exact) mass is 418 g/mol. The Labute approximate surface area is 182 Å². The van der Waals surface area contributed by atoms with Crippen LogP contribution in [-0.4, -0.2) is 45.8 Å². The second-order valence-corrected chi connectivity index (χ2v) is 10.8. The van der Waals surface area contributed by atoms with Crippen molar-refractivity contribution in [1.29, 1.82) is 0 Å². The first-order chi connectivity index (χ1) is 14.0. The molecule has 0 bridgehead atoms. The summed E-state index contributed by atoms with van der Waals surface area (Å²) >= 11 is 0. The molecule has 0 aliphatic heterocycles. The van der Waals surface area contributed by atoms with E-state index in [0.29, 0.717) is 37.7 Å². The van der Waals surface area contributed by atoms with Crippen molar-refractivity contribution in [3.05, 3.63) is 35.5 Å². The number of fused-ring (bicyclic) bond motifs is 1. The Balaban J connectivity index is 1.70. The van der Waals surface area contributed by atoms with Gasteiger partial charge in [-0.15, -0.1) is 0 Å². The molecule has 0 unspecified atom stereocenters. The molecule has 0 radical (unpaired) electrons. The SMILES string of the molecule is C=C1/C(=C\C=C2/CCC[C@]3(C)[C@@H]2CC[C@H]3[C@@H](C)OCCC(C)(C)O)C[C@H](O)C[C@H]1O. The third-order valence-corrected chi connectivity index (χ3v) is 7.96. The van der Waals surface area contributed by atoms with Crippen molar-refractivity contribution in [2.24, 2.45) is 17.3 Å². The van der Waals surface area contributed by atoms with E-state index >= 15 is 0 Å². The van der Waals surface area contributed by atoms with Gasteiger partial charge in [0.1, 0.15) is 0 Å². The molecule has 6 atom stereocenters. The van der Waals surface area contributed by atoms with Gasteiger partial charge in [0.05, 0.1) is 23.9 Å². The summed E-state index contributed by atoms with van der Waals surface area (Å²) in [4.78, 5) is 0. The molecule has 3 aliphatic carbocycles. The average Bonchev–Trinajstić information content (AvgIpc) is 3.00. The quantitative estimate of drug-likeness (QED) is 0.585. The number of aliphatic hydroxyl groups is 3. The fourth-order valence-corrected chi connectivity index (χ4v) is 6.13. The molecule has 0 heterocycles. The van der Waals surface area contributed by atoms with Crippen LogP contribution in [0.3, 0.4) is 0 Å². The lowest BCUT2D eigenvalue weighted by atomic mass is 9.62. The Morgan fingerprint density at radius 1 is 1.27 bits per heavy atom. The fourth-order valence-electron chi connectivity index (χ4n) is 6.13. The standard InChI is InChI=1S/C26H42O4/c1-17-20(15-21(27)16-24(17)28)9-8-19-7-6-12-26(5)22(10-11-23(19)26)18(2)30-14-13-25(3,4)29/h8-9,18,21-24,27-29H,1,6-7,10-16H2,2-5H3/b19-8+,20-9-/t18-,21+,22+,23-,24-,26+/m1/s1. The van der Waals surface area contributed by atoms with E-state index in [-0.39, 0.29) is 11.5 Å². The van der Waals surface area contributed by atoms with E-state index in [2.05, 4.69) is 32.6 Å². The normalized spacial score (nSPS) is 38.8. The van der Waals surface area contributed by atoms with Gasteiger partial charge in [0.15, 0.2) is 0 Å². The summed E-state index contributed by atoms with van der Waals surface area (Å²) in [5, 5.41) is 30.1. The zero-order chi connectivity index (χ0) is 22.1. The van der Waals surface area contributed by atoms with Crippen molar-refractivity contribution in [1.82, 2.24) is 0 Å². The van der Waals surface area contributed by atoms with Crippen molar-refractivity contribution in [3.63, 3.8) is 0 Å². The summed E-state index contributed by atoms with van der Waals surface area (Å²) in [6.07, 6.45) is 11.0. The van der Waals surface area contributed by atoms with Crippen molar-refractivity contribution >= 4 is 0 Å². The highest BCUT2D eigenvalue weighted by molar-refractivity contribution is 5.38. The van der Waals surface area contributed by atoms with E-state index < -0.39 is 17.8 Å². The Hall–Kier alpha value is -0.940. The van der Waals surface area contributed by atoms with Crippen LogP contribution in [0.1, 0.15) is 79.1 Å². The van der Waals surface area contributed by atoms with E-state index in [4.69, 9.17) is 4.74 Å². The minimum absolute atomic E-state index is 0.198. The van der Waals surface area contributed by atoms with Gasteiger partial charge < -0.3 is 20.1 Å². The van der Waals surface area contributed by atoms with Crippen LogP contribution in [0.25, 0.3) is 0 Å². The molecule has 170 valence electrons. The third-order valence-electron chi connectivity index (χ3n) is 7.96. The van der Waals surface area contributed by atoms with Gasteiger partial charge in [0, 0.05) is 13.0 Å². The van der Waals surface area contributed by atoms with Crippen LogP contribution in [0.4, 0.5) is 0 Å². The molecule has 4 nitrogen and oxygen atoms in total. The molecule has 0 aromatic rings. The predicted octanol–water partition coefficient (Wildman–Crippen LogP) is 4.69. The molecule has 3 rings (SSSR count). The lowest BCUT2D eigenvalue weighted by Gasteiger charge is -2.44. The molecule has 0 aromatic heterocycles. The maximum atomic E-state index is 10.1. The van der Waals surface area contributed by atoms with Crippen LogP contribution >= 0.6 is 0 Å². The minimum atomic E-state index is -0.680. The molecule has 3 fully saturated rings. The highest BCUT2D eigenvalue weighted by atomic mass is 16.5. The summed E-state index contributed by atoms with van der Waals surface area (Å²) in [6.45, 7) is 13.0. The Morgan fingerprint density at radius 2 is 2.00 bits per heavy atom. The van der Waals surface area contributed by atoms with Gasteiger partial charge >= 0.3 is 0 Å². The van der Waals surface area contributed by atoms with Gasteiger partial charge in [-0.05, 0) is 94.1 Å². The van der Waals surface area contributed by atoms with Crippen LogP contribution in [0, 0.1) is 17.3 Å². The molecule has 0 amide bonds. The van der Waals surface area contributed by atoms with Gasteiger partial charge in [-0.2, -0.15) is 0 Å².